The van der Waals surface area contributed by atoms with Gasteiger partial charge in [-0.15, -0.1) is 0 Å². The fraction of sp³-hybridized carbons (Fsp3) is 0.214. The van der Waals surface area contributed by atoms with Gasteiger partial charge in [-0.2, -0.15) is 0 Å². The number of benzene rings is 1. The molecule has 0 atom stereocenters. The van der Waals surface area contributed by atoms with E-state index in [1.807, 2.05) is 6.92 Å². The van der Waals surface area contributed by atoms with Crippen molar-refractivity contribution in [2.75, 3.05) is 11.9 Å². The lowest BCUT2D eigenvalue weighted by atomic mass is 10.3. The number of rotatable bonds is 5. The normalized spacial score (nSPS) is 10.1. The lowest BCUT2D eigenvalue weighted by molar-refractivity contribution is 0.102. The molecule has 0 radical (unpaired) electrons. The number of nitrogens with zero attached hydrogens (tertiary/aromatic N) is 2. The molecule has 0 unspecified atom stereocenters. The standard InChI is InChI=1S/C14H14ClN3O2/c1-2-7-20-11-5-3-10(4-6-11)17-14(19)12-8-16-9-13(15)18-12/h3-6,8-9H,2,7H2,1H3,(H,17,19). The highest BCUT2D eigenvalue weighted by molar-refractivity contribution is 6.29. The zero-order chi connectivity index (χ0) is 14.4. The average Bonchev–Trinajstić information content (AvgIpc) is 2.46. The summed E-state index contributed by atoms with van der Waals surface area (Å²) in [5, 5.41) is 2.89. The second kappa shape index (κ2) is 6.86. The van der Waals surface area contributed by atoms with Crippen molar-refractivity contribution in [3.8, 4) is 5.75 Å². The van der Waals surface area contributed by atoms with E-state index in [2.05, 4.69) is 15.3 Å². The number of amides is 1. The lowest BCUT2D eigenvalue weighted by Crippen LogP contribution is -2.14. The third kappa shape index (κ3) is 3.93. The van der Waals surface area contributed by atoms with E-state index < -0.39 is 0 Å². The Kier molecular flexibility index (Phi) is 4.90. The van der Waals surface area contributed by atoms with Crippen molar-refractivity contribution in [3.05, 3.63) is 47.5 Å². The summed E-state index contributed by atoms with van der Waals surface area (Å²) in [5.41, 5.74) is 0.824. The van der Waals surface area contributed by atoms with Crippen LogP contribution in [0, 0.1) is 0 Å². The van der Waals surface area contributed by atoms with Gasteiger partial charge in [0.05, 0.1) is 19.0 Å². The van der Waals surface area contributed by atoms with Gasteiger partial charge in [0.25, 0.3) is 5.91 Å². The van der Waals surface area contributed by atoms with Crippen LogP contribution >= 0.6 is 11.6 Å². The maximum absolute atomic E-state index is 11.9. The number of hydrogen-bond acceptors (Lipinski definition) is 4. The Morgan fingerprint density at radius 2 is 2.05 bits per heavy atom. The highest BCUT2D eigenvalue weighted by atomic mass is 35.5. The van der Waals surface area contributed by atoms with Gasteiger partial charge in [-0.3, -0.25) is 9.78 Å². The minimum absolute atomic E-state index is 0.170. The van der Waals surface area contributed by atoms with Crippen LogP contribution in [0.3, 0.4) is 0 Å². The minimum Gasteiger partial charge on any atom is -0.494 e. The molecular formula is C14H14ClN3O2. The van der Waals surface area contributed by atoms with Crippen molar-refractivity contribution < 1.29 is 9.53 Å². The monoisotopic (exact) mass is 291 g/mol. The second-order valence-electron chi connectivity index (χ2n) is 4.05. The minimum atomic E-state index is -0.359. The third-order valence-electron chi connectivity index (χ3n) is 2.42. The highest BCUT2D eigenvalue weighted by Gasteiger charge is 2.08. The number of carbonyl (C=O) groups is 1. The molecule has 0 spiro atoms. The first kappa shape index (κ1) is 14.3. The Bertz CT molecular complexity index is 587. The molecule has 20 heavy (non-hydrogen) atoms. The molecule has 6 heteroatoms. The van der Waals surface area contributed by atoms with Gasteiger partial charge in [0.15, 0.2) is 0 Å². The highest BCUT2D eigenvalue weighted by Crippen LogP contribution is 2.16. The first-order valence-electron chi connectivity index (χ1n) is 6.21. The molecule has 1 aromatic heterocycles. The number of halogens is 1. The molecular weight excluding hydrogens is 278 g/mol. The number of nitrogens with one attached hydrogen (secondary N) is 1. The molecule has 0 saturated heterocycles. The first-order chi connectivity index (χ1) is 9.69. The average molecular weight is 292 g/mol. The maximum atomic E-state index is 11.9. The molecule has 0 fully saturated rings. The molecule has 0 aliphatic carbocycles. The number of hydrogen-bond donors (Lipinski definition) is 1. The van der Waals surface area contributed by atoms with Crippen LogP contribution in [0.15, 0.2) is 36.7 Å². The maximum Gasteiger partial charge on any atom is 0.275 e. The summed E-state index contributed by atoms with van der Waals surface area (Å²) in [4.78, 5) is 19.6. The van der Waals surface area contributed by atoms with E-state index in [1.54, 1.807) is 24.3 Å². The summed E-state index contributed by atoms with van der Waals surface area (Å²) >= 11 is 5.69. The van der Waals surface area contributed by atoms with Crippen molar-refractivity contribution in [3.63, 3.8) is 0 Å². The molecule has 2 aromatic rings. The molecule has 2 rings (SSSR count). The molecule has 0 aliphatic heterocycles. The SMILES string of the molecule is CCCOc1ccc(NC(=O)c2cncc(Cl)n2)cc1. The summed E-state index contributed by atoms with van der Waals surface area (Å²) < 4.78 is 5.46. The van der Waals surface area contributed by atoms with Crippen LogP contribution in [0.1, 0.15) is 23.8 Å². The van der Waals surface area contributed by atoms with Crippen LogP contribution in [0.2, 0.25) is 5.15 Å². The van der Waals surface area contributed by atoms with E-state index in [9.17, 15) is 4.79 Å². The van der Waals surface area contributed by atoms with Crippen molar-refractivity contribution >= 4 is 23.2 Å². The van der Waals surface area contributed by atoms with Gasteiger partial charge < -0.3 is 10.1 Å². The van der Waals surface area contributed by atoms with Crippen molar-refractivity contribution in [2.24, 2.45) is 0 Å². The van der Waals surface area contributed by atoms with Crippen molar-refractivity contribution in [1.82, 2.24) is 9.97 Å². The van der Waals surface area contributed by atoms with Crippen LogP contribution < -0.4 is 10.1 Å². The largest absolute Gasteiger partial charge is 0.494 e. The Morgan fingerprint density at radius 3 is 2.70 bits per heavy atom. The zero-order valence-electron chi connectivity index (χ0n) is 11.0. The molecule has 1 amide bonds. The number of carbonyl (C=O) groups excluding carboxylic acids is 1. The fourth-order valence-electron chi connectivity index (χ4n) is 1.50. The van der Waals surface area contributed by atoms with Crippen LogP contribution in [0.4, 0.5) is 5.69 Å². The van der Waals surface area contributed by atoms with E-state index in [0.29, 0.717) is 12.3 Å². The molecule has 1 aromatic carbocycles. The lowest BCUT2D eigenvalue weighted by Gasteiger charge is -2.07. The summed E-state index contributed by atoms with van der Waals surface area (Å²) in [6.07, 6.45) is 3.68. The van der Waals surface area contributed by atoms with E-state index in [0.717, 1.165) is 12.2 Å². The predicted molar refractivity (Wildman–Crippen MR) is 77.2 cm³/mol. The van der Waals surface area contributed by atoms with Crippen LogP contribution in [0.25, 0.3) is 0 Å². The van der Waals surface area contributed by atoms with Crippen molar-refractivity contribution in [1.29, 1.82) is 0 Å². The van der Waals surface area contributed by atoms with E-state index >= 15 is 0 Å². The van der Waals surface area contributed by atoms with Gasteiger partial charge in [0, 0.05) is 5.69 Å². The summed E-state index contributed by atoms with van der Waals surface area (Å²) in [6.45, 7) is 2.71. The van der Waals surface area contributed by atoms with E-state index in [-0.39, 0.29) is 16.8 Å². The van der Waals surface area contributed by atoms with Crippen LogP contribution in [-0.4, -0.2) is 22.5 Å². The number of aromatic nitrogens is 2. The predicted octanol–water partition coefficient (Wildman–Crippen LogP) is 3.17. The Balaban J connectivity index is 2.01. The van der Waals surface area contributed by atoms with Gasteiger partial charge >= 0.3 is 0 Å². The molecule has 0 saturated carbocycles. The smallest absolute Gasteiger partial charge is 0.275 e. The van der Waals surface area contributed by atoms with Gasteiger partial charge in [-0.1, -0.05) is 18.5 Å². The molecule has 1 heterocycles. The second-order valence-corrected chi connectivity index (χ2v) is 4.44. The van der Waals surface area contributed by atoms with Crippen LogP contribution in [-0.2, 0) is 0 Å². The quantitative estimate of drug-likeness (QED) is 0.919. The van der Waals surface area contributed by atoms with E-state index in [4.69, 9.17) is 16.3 Å². The fourth-order valence-corrected chi connectivity index (χ4v) is 1.65. The number of ether oxygens (including phenoxy) is 1. The van der Waals surface area contributed by atoms with Crippen molar-refractivity contribution in [2.45, 2.75) is 13.3 Å². The van der Waals surface area contributed by atoms with Gasteiger partial charge in [0.2, 0.25) is 0 Å². The molecule has 0 aliphatic rings. The molecule has 0 bridgehead atoms. The Morgan fingerprint density at radius 1 is 1.30 bits per heavy atom. The zero-order valence-corrected chi connectivity index (χ0v) is 11.7. The summed E-state index contributed by atoms with van der Waals surface area (Å²) in [5.74, 6) is 0.412. The Hall–Kier alpha value is -2.14. The molecule has 1 N–H and O–H groups in total. The molecule has 5 nitrogen and oxygen atoms in total. The summed E-state index contributed by atoms with van der Waals surface area (Å²) in [6, 6.07) is 7.13. The van der Waals surface area contributed by atoms with Gasteiger partial charge in [-0.25, -0.2) is 4.98 Å². The molecule has 104 valence electrons. The van der Waals surface area contributed by atoms with Gasteiger partial charge in [-0.05, 0) is 30.7 Å². The Labute approximate surface area is 122 Å². The summed E-state index contributed by atoms with van der Waals surface area (Å²) in [7, 11) is 0. The van der Waals surface area contributed by atoms with E-state index in [1.165, 1.54) is 12.4 Å². The van der Waals surface area contributed by atoms with Crippen LogP contribution in [0.5, 0.6) is 5.75 Å². The number of anilines is 1. The topological polar surface area (TPSA) is 64.1 Å². The first-order valence-corrected chi connectivity index (χ1v) is 6.58. The van der Waals surface area contributed by atoms with Gasteiger partial charge in [0.1, 0.15) is 16.6 Å². The third-order valence-corrected chi connectivity index (χ3v) is 2.60.